The molecule has 0 saturated heterocycles. The van der Waals surface area contributed by atoms with Crippen LogP contribution in [0.4, 0.5) is 0 Å². The Balaban J connectivity index is 2.74. The van der Waals surface area contributed by atoms with Crippen molar-refractivity contribution in [3.8, 4) is 0 Å². The number of nitrogens with one attached hydrogen (secondary N) is 1. The minimum atomic E-state index is -0.926. The Labute approximate surface area is 131 Å². The van der Waals surface area contributed by atoms with Crippen LogP contribution in [0.2, 0.25) is 9.36 Å². The number of thiophene rings is 1. The van der Waals surface area contributed by atoms with Gasteiger partial charge in [-0.1, -0.05) is 23.2 Å². The molecular formula is C12H16Cl2N2O3S. The zero-order valence-electron chi connectivity index (χ0n) is 11.2. The minimum absolute atomic E-state index is 0.149. The first-order chi connectivity index (χ1) is 9.32. The molecule has 2 N–H and O–H groups in total. The van der Waals surface area contributed by atoms with Gasteiger partial charge in [-0.15, -0.1) is 11.3 Å². The summed E-state index contributed by atoms with van der Waals surface area (Å²) in [5.74, 6) is -1.07. The summed E-state index contributed by atoms with van der Waals surface area (Å²) >= 11 is 13.3. The number of carbonyl (C=O) groups excluding carboxylic acids is 1. The Morgan fingerprint density at radius 2 is 2.15 bits per heavy atom. The van der Waals surface area contributed by atoms with E-state index in [0.717, 1.165) is 5.56 Å². The molecule has 0 aromatic carbocycles. The molecule has 5 nitrogen and oxygen atoms in total. The standard InChI is InChI=1S/C12H16Cl2N2O3S/c1-7(12(18)19)16(4-3-15-8(2)17)5-9-6-20-11(14)10(9)13/h6-7H,3-5H2,1-2H3,(H,15,17)(H,18,19). The van der Waals surface area contributed by atoms with Crippen LogP contribution in [0.15, 0.2) is 5.38 Å². The number of amides is 1. The quantitative estimate of drug-likeness (QED) is 0.801. The smallest absolute Gasteiger partial charge is 0.320 e. The van der Waals surface area contributed by atoms with Gasteiger partial charge in [0.1, 0.15) is 10.4 Å². The lowest BCUT2D eigenvalue weighted by molar-refractivity contribution is -0.142. The second-order valence-corrected chi connectivity index (χ2v) is 6.18. The molecule has 8 heteroatoms. The zero-order valence-corrected chi connectivity index (χ0v) is 13.5. The van der Waals surface area contributed by atoms with Crippen molar-refractivity contribution in [1.82, 2.24) is 10.2 Å². The van der Waals surface area contributed by atoms with Crippen LogP contribution in [0.5, 0.6) is 0 Å². The fourth-order valence-electron chi connectivity index (χ4n) is 1.62. The van der Waals surface area contributed by atoms with E-state index in [-0.39, 0.29) is 5.91 Å². The van der Waals surface area contributed by atoms with E-state index in [1.807, 2.05) is 5.38 Å². The van der Waals surface area contributed by atoms with Gasteiger partial charge in [0, 0.05) is 26.6 Å². The molecule has 1 rings (SSSR count). The topological polar surface area (TPSA) is 69.6 Å². The highest BCUT2D eigenvalue weighted by Crippen LogP contribution is 2.33. The Bertz CT molecular complexity index is 493. The third kappa shape index (κ3) is 4.94. The Morgan fingerprint density at radius 3 is 2.60 bits per heavy atom. The normalized spacial score (nSPS) is 12.4. The average Bonchev–Trinajstić information content (AvgIpc) is 2.68. The number of nitrogens with zero attached hydrogens (tertiary/aromatic N) is 1. The maximum atomic E-state index is 11.1. The van der Waals surface area contributed by atoms with Crippen molar-refractivity contribution >= 4 is 46.4 Å². The molecule has 20 heavy (non-hydrogen) atoms. The van der Waals surface area contributed by atoms with E-state index in [1.54, 1.807) is 11.8 Å². The number of hydrogen-bond donors (Lipinski definition) is 2. The first-order valence-electron chi connectivity index (χ1n) is 5.95. The van der Waals surface area contributed by atoms with Gasteiger partial charge in [-0.05, 0) is 17.9 Å². The van der Waals surface area contributed by atoms with Crippen LogP contribution in [0, 0.1) is 0 Å². The second-order valence-electron chi connectivity index (χ2n) is 4.32. The Hall–Kier alpha value is -0.820. The number of aliphatic carboxylic acids is 1. The summed E-state index contributed by atoms with van der Waals surface area (Å²) in [7, 11) is 0. The van der Waals surface area contributed by atoms with Crippen molar-refractivity contribution in [3.63, 3.8) is 0 Å². The molecule has 0 aliphatic rings. The monoisotopic (exact) mass is 338 g/mol. The van der Waals surface area contributed by atoms with Crippen molar-refractivity contribution in [2.45, 2.75) is 26.4 Å². The molecule has 0 bridgehead atoms. The maximum Gasteiger partial charge on any atom is 0.320 e. The number of carboxylic acids is 1. The van der Waals surface area contributed by atoms with Gasteiger partial charge in [0.05, 0.1) is 5.02 Å². The van der Waals surface area contributed by atoms with Crippen molar-refractivity contribution in [2.24, 2.45) is 0 Å². The van der Waals surface area contributed by atoms with Crippen molar-refractivity contribution in [1.29, 1.82) is 0 Å². The molecular weight excluding hydrogens is 323 g/mol. The number of hydrogen-bond acceptors (Lipinski definition) is 4. The van der Waals surface area contributed by atoms with E-state index in [2.05, 4.69) is 5.32 Å². The van der Waals surface area contributed by atoms with Gasteiger partial charge in [-0.25, -0.2) is 0 Å². The lowest BCUT2D eigenvalue weighted by atomic mass is 10.2. The van der Waals surface area contributed by atoms with Crippen LogP contribution in [0.1, 0.15) is 19.4 Å². The van der Waals surface area contributed by atoms with E-state index in [1.165, 1.54) is 18.3 Å². The largest absolute Gasteiger partial charge is 0.480 e. The average molecular weight is 339 g/mol. The van der Waals surface area contributed by atoms with Crippen LogP contribution in [-0.4, -0.2) is 41.0 Å². The SMILES string of the molecule is CC(=O)NCCN(Cc1csc(Cl)c1Cl)C(C)C(=O)O. The highest BCUT2D eigenvalue weighted by Gasteiger charge is 2.22. The predicted molar refractivity (Wildman–Crippen MR) is 80.5 cm³/mol. The van der Waals surface area contributed by atoms with E-state index in [4.69, 9.17) is 28.3 Å². The lowest BCUT2D eigenvalue weighted by Crippen LogP contribution is -2.42. The highest BCUT2D eigenvalue weighted by atomic mass is 35.5. The van der Waals surface area contributed by atoms with Gasteiger partial charge in [0.15, 0.2) is 0 Å². The summed E-state index contributed by atoms with van der Waals surface area (Å²) in [6, 6.07) is -0.682. The Morgan fingerprint density at radius 1 is 1.50 bits per heavy atom. The van der Waals surface area contributed by atoms with Gasteiger partial charge in [-0.2, -0.15) is 0 Å². The molecule has 1 unspecified atom stereocenters. The molecule has 1 aromatic heterocycles. The number of carboxylic acid groups (broad SMARTS) is 1. The second kappa shape index (κ2) is 7.83. The van der Waals surface area contributed by atoms with Gasteiger partial charge in [-0.3, -0.25) is 14.5 Å². The van der Waals surface area contributed by atoms with E-state index in [0.29, 0.717) is 29.0 Å². The molecule has 0 spiro atoms. The van der Waals surface area contributed by atoms with Gasteiger partial charge >= 0.3 is 5.97 Å². The zero-order chi connectivity index (χ0) is 15.3. The first kappa shape index (κ1) is 17.2. The van der Waals surface area contributed by atoms with Crippen molar-refractivity contribution in [2.75, 3.05) is 13.1 Å². The fraction of sp³-hybridized carbons (Fsp3) is 0.500. The molecule has 1 amide bonds. The maximum absolute atomic E-state index is 11.1. The summed E-state index contributed by atoms with van der Waals surface area (Å²) in [4.78, 5) is 23.7. The number of halogens is 2. The molecule has 1 atom stereocenters. The van der Waals surface area contributed by atoms with Crippen LogP contribution in [0.3, 0.4) is 0 Å². The highest BCUT2D eigenvalue weighted by molar-refractivity contribution is 7.15. The molecule has 1 aromatic rings. The van der Waals surface area contributed by atoms with Crippen molar-refractivity contribution in [3.05, 3.63) is 20.3 Å². The molecule has 0 saturated carbocycles. The van der Waals surface area contributed by atoms with Gasteiger partial charge in [0.2, 0.25) is 5.91 Å². The Kier molecular flexibility index (Phi) is 6.75. The van der Waals surface area contributed by atoms with E-state index in [9.17, 15) is 9.59 Å². The van der Waals surface area contributed by atoms with Crippen LogP contribution >= 0.6 is 34.5 Å². The molecule has 0 aliphatic heterocycles. The van der Waals surface area contributed by atoms with Crippen molar-refractivity contribution < 1.29 is 14.7 Å². The van der Waals surface area contributed by atoms with Gasteiger partial charge in [0.25, 0.3) is 0 Å². The summed E-state index contributed by atoms with van der Waals surface area (Å²) in [5, 5.41) is 14.0. The predicted octanol–water partition coefficient (Wildman–Crippen LogP) is 2.47. The molecule has 0 radical (unpaired) electrons. The fourth-order valence-corrected chi connectivity index (χ4v) is 2.86. The summed E-state index contributed by atoms with van der Waals surface area (Å²) in [6.07, 6.45) is 0. The van der Waals surface area contributed by atoms with Crippen LogP contribution < -0.4 is 5.32 Å². The lowest BCUT2D eigenvalue weighted by Gasteiger charge is -2.26. The van der Waals surface area contributed by atoms with E-state index >= 15 is 0 Å². The first-order valence-corrected chi connectivity index (χ1v) is 7.59. The minimum Gasteiger partial charge on any atom is -0.480 e. The molecule has 0 fully saturated rings. The van der Waals surface area contributed by atoms with Crippen LogP contribution in [0.25, 0.3) is 0 Å². The number of carbonyl (C=O) groups is 2. The summed E-state index contributed by atoms with van der Waals surface area (Å²) in [5.41, 5.74) is 0.789. The summed E-state index contributed by atoms with van der Waals surface area (Å²) < 4.78 is 0.492. The molecule has 0 aliphatic carbocycles. The van der Waals surface area contributed by atoms with Gasteiger partial charge < -0.3 is 10.4 Å². The summed E-state index contributed by atoms with van der Waals surface area (Å²) in [6.45, 7) is 4.17. The third-order valence-corrected chi connectivity index (χ3v) is 4.72. The van der Waals surface area contributed by atoms with Crippen LogP contribution in [-0.2, 0) is 16.1 Å². The van der Waals surface area contributed by atoms with E-state index < -0.39 is 12.0 Å². The molecule has 112 valence electrons. The third-order valence-electron chi connectivity index (χ3n) is 2.81. The number of rotatable bonds is 7. The molecule has 1 heterocycles.